The summed E-state index contributed by atoms with van der Waals surface area (Å²) in [4.78, 5) is 12.2. The summed E-state index contributed by atoms with van der Waals surface area (Å²) in [5, 5.41) is 3.87. The third-order valence-corrected chi connectivity index (χ3v) is 5.12. The molecule has 0 unspecified atom stereocenters. The Morgan fingerprint density at radius 3 is 2.42 bits per heavy atom. The van der Waals surface area contributed by atoms with Crippen LogP contribution in [0, 0.1) is 0 Å². The van der Waals surface area contributed by atoms with Gasteiger partial charge in [-0.05, 0) is 54.1 Å². The van der Waals surface area contributed by atoms with E-state index in [1.807, 2.05) is 24.3 Å². The molecule has 1 N–H and O–H groups in total. The van der Waals surface area contributed by atoms with Crippen molar-refractivity contribution in [2.24, 2.45) is 5.10 Å². The Labute approximate surface area is 193 Å². The normalized spacial score (nSPS) is 11.5. The summed E-state index contributed by atoms with van der Waals surface area (Å²) in [6.07, 6.45) is -3.16. The molecule has 1 amide bonds. The Morgan fingerprint density at radius 2 is 1.71 bits per heavy atom. The summed E-state index contributed by atoms with van der Waals surface area (Å²) in [6, 6.07) is 17.1. The van der Waals surface area contributed by atoms with Crippen molar-refractivity contribution in [2.45, 2.75) is 12.8 Å². The third kappa shape index (κ3) is 6.67. The zero-order chi connectivity index (χ0) is 22.4. The molecule has 0 aliphatic heterocycles. The van der Waals surface area contributed by atoms with E-state index in [9.17, 15) is 18.0 Å². The van der Waals surface area contributed by atoms with Gasteiger partial charge in [0, 0.05) is 20.1 Å². The molecule has 0 aromatic heterocycles. The van der Waals surface area contributed by atoms with Gasteiger partial charge in [-0.1, -0.05) is 50.1 Å². The van der Waals surface area contributed by atoms with E-state index in [4.69, 9.17) is 4.74 Å². The number of carbonyl (C=O) groups is 1. The lowest BCUT2D eigenvalue weighted by atomic mass is 10.1. The Bertz CT molecular complexity index is 1100. The topological polar surface area (TPSA) is 50.7 Å². The number of halogens is 5. The van der Waals surface area contributed by atoms with Crippen molar-refractivity contribution < 1.29 is 22.7 Å². The molecule has 4 nitrogen and oxygen atoms in total. The van der Waals surface area contributed by atoms with Crippen molar-refractivity contribution in [3.05, 3.63) is 97.9 Å². The number of alkyl halides is 3. The van der Waals surface area contributed by atoms with Crippen molar-refractivity contribution in [2.75, 3.05) is 0 Å². The minimum absolute atomic E-state index is 0.145. The van der Waals surface area contributed by atoms with E-state index in [1.54, 1.807) is 18.2 Å². The van der Waals surface area contributed by atoms with Crippen molar-refractivity contribution in [3.8, 4) is 5.75 Å². The Hall–Kier alpha value is -2.65. The van der Waals surface area contributed by atoms with Gasteiger partial charge in [0.2, 0.25) is 0 Å². The number of ether oxygens (including phenoxy) is 1. The standard InChI is InChI=1S/C22H15Br2F3N2O2/c23-18-6-4-14(5-7-18)13-31-20-9-8-19(24)11-16(20)12-28-29-21(30)15-2-1-3-17(10-15)22(25,26)27/h1-12H,13H2,(H,29,30)/b28-12-. The highest BCUT2D eigenvalue weighted by Gasteiger charge is 2.30. The fourth-order valence-electron chi connectivity index (χ4n) is 2.56. The predicted molar refractivity (Wildman–Crippen MR) is 119 cm³/mol. The van der Waals surface area contributed by atoms with Gasteiger partial charge in [-0.15, -0.1) is 0 Å². The lowest BCUT2D eigenvalue weighted by molar-refractivity contribution is -0.137. The maximum absolute atomic E-state index is 12.8. The number of hydrogen-bond donors (Lipinski definition) is 1. The summed E-state index contributed by atoms with van der Waals surface area (Å²) in [6.45, 7) is 0.326. The highest BCUT2D eigenvalue weighted by atomic mass is 79.9. The summed E-state index contributed by atoms with van der Waals surface area (Å²) in [5.74, 6) is -0.224. The van der Waals surface area contributed by atoms with Gasteiger partial charge in [0.05, 0.1) is 11.8 Å². The molecular formula is C22H15Br2F3N2O2. The molecular weight excluding hydrogens is 541 g/mol. The molecule has 3 rings (SSSR count). The third-order valence-electron chi connectivity index (χ3n) is 4.10. The first-order valence-corrected chi connectivity index (χ1v) is 10.5. The molecule has 0 saturated heterocycles. The van der Waals surface area contributed by atoms with Crippen molar-refractivity contribution >= 4 is 44.0 Å². The van der Waals surface area contributed by atoms with Gasteiger partial charge in [0.1, 0.15) is 12.4 Å². The molecule has 0 heterocycles. The monoisotopic (exact) mass is 554 g/mol. The van der Waals surface area contributed by atoms with E-state index >= 15 is 0 Å². The van der Waals surface area contributed by atoms with Gasteiger partial charge in [-0.2, -0.15) is 18.3 Å². The molecule has 31 heavy (non-hydrogen) atoms. The molecule has 0 saturated carbocycles. The summed E-state index contributed by atoms with van der Waals surface area (Å²) in [5.41, 5.74) is 2.74. The van der Waals surface area contributed by atoms with Crippen LogP contribution in [0.15, 0.2) is 80.8 Å². The minimum atomic E-state index is -4.53. The fraction of sp³-hybridized carbons (Fsp3) is 0.0909. The van der Waals surface area contributed by atoms with Gasteiger partial charge in [0.25, 0.3) is 5.91 Å². The SMILES string of the molecule is O=C(N/N=C\c1cc(Br)ccc1OCc1ccc(Br)cc1)c1cccc(C(F)(F)F)c1. The van der Waals surface area contributed by atoms with Crippen molar-refractivity contribution in [3.63, 3.8) is 0 Å². The lowest BCUT2D eigenvalue weighted by Crippen LogP contribution is -2.18. The van der Waals surface area contributed by atoms with Gasteiger partial charge in [0.15, 0.2) is 0 Å². The van der Waals surface area contributed by atoms with E-state index in [1.165, 1.54) is 18.3 Å². The van der Waals surface area contributed by atoms with Crippen LogP contribution in [-0.2, 0) is 12.8 Å². The van der Waals surface area contributed by atoms with Crippen LogP contribution >= 0.6 is 31.9 Å². The van der Waals surface area contributed by atoms with Gasteiger partial charge in [-0.25, -0.2) is 5.43 Å². The van der Waals surface area contributed by atoms with Crippen LogP contribution in [0.5, 0.6) is 5.75 Å². The molecule has 0 fully saturated rings. The summed E-state index contributed by atoms with van der Waals surface area (Å²) >= 11 is 6.75. The van der Waals surface area contributed by atoms with Crippen molar-refractivity contribution in [1.82, 2.24) is 5.43 Å². The largest absolute Gasteiger partial charge is 0.488 e. The molecule has 3 aromatic carbocycles. The van der Waals surface area contributed by atoms with Crippen LogP contribution in [0.1, 0.15) is 27.0 Å². The zero-order valence-corrected chi connectivity index (χ0v) is 19.0. The number of hydrogen-bond acceptors (Lipinski definition) is 3. The highest BCUT2D eigenvalue weighted by Crippen LogP contribution is 2.29. The molecule has 9 heteroatoms. The van der Waals surface area contributed by atoms with E-state index < -0.39 is 17.6 Å². The van der Waals surface area contributed by atoms with Crippen LogP contribution < -0.4 is 10.2 Å². The van der Waals surface area contributed by atoms with Crippen LogP contribution in [0.25, 0.3) is 0 Å². The van der Waals surface area contributed by atoms with E-state index in [2.05, 4.69) is 42.4 Å². The Morgan fingerprint density at radius 1 is 1.00 bits per heavy atom. The van der Waals surface area contributed by atoms with E-state index in [-0.39, 0.29) is 5.56 Å². The minimum Gasteiger partial charge on any atom is -0.488 e. The second-order valence-electron chi connectivity index (χ2n) is 6.37. The van der Waals surface area contributed by atoms with Gasteiger partial charge < -0.3 is 4.74 Å². The molecule has 0 aliphatic rings. The number of hydrazone groups is 1. The first-order valence-electron chi connectivity index (χ1n) is 8.90. The van der Waals surface area contributed by atoms with Crippen LogP contribution in [-0.4, -0.2) is 12.1 Å². The fourth-order valence-corrected chi connectivity index (χ4v) is 3.20. The Kier molecular flexibility index (Phi) is 7.50. The first kappa shape index (κ1) is 23.0. The molecule has 0 aliphatic carbocycles. The van der Waals surface area contributed by atoms with E-state index in [0.717, 1.165) is 26.6 Å². The van der Waals surface area contributed by atoms with Crippen LogP contribution in [0.4, 0.5) is 13.2 Å². The average molecular weight is 556 g/mol. The Balaban J connectivity index is 1.69. The predicted octanol–water partition coefficient (Wildman–Crippen LogP) is 6.57. The zero-order valence-electron chi connectivity index (χ0n) is 15.8. The summed E-state index contributed by atoms with van der Waals surface area (Å²) in [7, 11) is 0. The molecule has 0 bridgehead atoms. The first-order chi connectivity index (χ1) is 14.7. The average Bonchev–Trinajstić information content (AvgIpc) is 2.74. The molecule has 160 valence electrons. The van der Waals surface area contributed by atoms with Crippen LogP contribution in [0.3, 0.4) is 0 Å². The number of benzene rings is 3. The molecule has 0 atom stereocenters. The quantitative estimate of drug-likeness (QED) is 0.276. The number of rotatable bonds is 6. The maximum atomic E-state index is 12.8. The highest BCUT2D eigenvalue weighted by molar-refractivity contribution is 9.10. The lowest BCUT2D eigenvalue weighted by Gasteiger charge is -2.10. The van der Waals surface area contributed by atoms with Crippen LogP contribution in [0.2, 0.25) is 0 Å². The maximum Gasteiger partial charge on any atom is 0.416 e. The second kappa shape index (κ2) is 10.1. The van der Waals surface area contributed by atoms with E-state index in [0.29, 0.717) is 17.9 Å². The molecule has 0 radical (unpaired) electrons. The van der Waals surface area contributed by atoms with Crippen molar-refractivity contribution in [1.29, 1.82) is 0 Å². The number of nitrogens with zero attached hydrogens (tertiary/aromatic N) is 1. The molecule has 0 spiro atoms. The summed E-state index contributed by atoms with van der Waals surface area (Å²) < 4.78 is 46.0. The number of nitrogens with one attached hydrogen (secondary N) is 1. The number of carbonyl (C=O) groups excluding carboxylic acids is 1. The van der Waals surface area contributed by atoms with Gasteiger partial charge >= 0.3 is 6.18 Å². The number of amides is 1. The second-order valence-corrected chi connectivity index (χ2v) is 8.21. The smallest absolute Gasteiger partial charge is 0.416 e. The molecule has 3 aromatic rings. The van der Waals surface area contributed by atoms with Gasteiger partial charge in [-0.3, -0.25) is 4.79 Å².